The van der Waals surface area contributed by atoms with Crippen LogP contribution in [0.4, 0.5) is 33.3 Å². The van der Waals surface area contributed by atoms with Crippen LogP contribution in [-0.2, 0) is 10.8 Å². The van der Waals surface area contributed by atoms with E-state index in [1.54, 1.807) is 12.1 Å². The molecule has 0 radical (unpaired) electrons. The Labute approximate surface area is 356 Å². The highest BCUT2D eigenvalue weighted by Crippen LogP contribution is 2.40. The number of aromatic nitrogens is 11. The summed E-state index contributed by atoms with van der Waals surface area (Å²) in [6.45, 7) is 11.2. The SMILES string of the molecule is CC(C)(C)c1nn(-c2nc(O)nc(-n3nc(C(C)(C)C)c(N=Nc4nnc(-c5ccc(C(=O)O)c(C(=O)O)c5)s4)c3N)n2)c(N)c1N=Nc1nnc(-c2cccc(C(=O)O)c2)s1. The van der Waals surface area contributed by atoms with E-state index in [1.807, 2.05) is 41.5 Å². The van der Waals surface area contributed by atoms with E-state index in [9.17, 15) is 34.8 Å². The van der Waals surface area contributed by atoms with Gasteiger partial charge in [0, 0.05) is 22.0 Å². The predicted octanol–water partition coefficient (Wildman–Crippen LogP) is 6.67. The van der Waals surface area contributed by atoms with Crippen molar-refractivity contribution in [2.75, 3.05) is 11.5 Å². The molecule has 0 aliphatic heterocycles. The fraction of sp³-hybridized carbons (Fsp3) is 0.222. The average molecular weight is 880 g/mol. The minimum Gasteiger partial charge on any atom is -0.479 e. The third kappa shape index (κ3) is 8.39. The molecule has 26 heteroatoms. The Morgan fingerprint density at radius 2 is 1.10 bits per heavy atom. The number of azo groups is 2. The Kier molecular flexibility index (Phi) is 10.8. The lowest BCUT2D eigenvalue weighted by molar-refractivity contribution is 0.0651. The van der Waals surface area contributed by atoms with Crippen LogP contribution in [0, 0.1) is 0 Å². The summed E-state index contributed by atoms with van der Waals surface area (Å²) >= 11 is 2.03. The molecular formula is C36H33N17O7S2. The van der Waals surface area contributed by atoms with Gasteiger partial charge in [-0.2, -0.15) is 34.5 Å². The van der Waals surface area contributed by atoms with Crippen molar-refractivity contribution >= 4 is 73.9 Å². The van der Waals surface area contributed by atoms with Crippen molar-refractivity contribution in [3.63, 3.8) is 0 Å². The zero-order chi connectivity index (χ0) is 44.8. The largest absolute Gasteiger partial charge is 0.479 e. The number of benzene rings is 2. The summed E-state index contributed by atoms with van der Waals surface area (Å²) in [6, 6.07) is 9.26. The second-order valence-electron chi connectivity index (χ2n) is 15.2. The molecule has 0 unspecified atom stereocenters. The summed E-state index contributed by atoms with van der Waals surface area (Å²) in [4.78, 5) is 47.3. The maximum atomic E-state index is 11.7. The number of carboxylic acids is 3. The molecule has 0 amide bonds. The number of carboxylic acid groups (broad SMARTS) is 3. The maximum absolute atomic E-state index is 11.7. The molecule has 0 saturated carbocycles. The van der Waals surface area contributed by atoms with Gasteiger partial charge in [0.15, 0.2) is 23.0 Å². The van der Waals surface area contributed by atoms with Crippen LogP contribution in [0.1, 0.15) is 84.0 Å². The first-order valence-electron chi connectivity index (χ1n) is 17.9. The number of aromatic hydroxyl groups is 1. The summed E-state index contributed by atoms with van der Waals surface area (Å²) in [5.74, 6) is -4.50. The van der Waals surface area contributed by atoms with Crippen LogP contribution in [0.25, 0.3) is 33.0 Å². The molecule has 0 saturated heterocycles. The summed E-state index contributed by atoms with van der Waals surface area (Å²) in [5.41, 5.74) is 13.0. The Morgan fingerprint density at radius 3 is 1.55 bits per heavy atom. The molecule has 8 N–H and O–H groups in total. The van der Waals surface area contributed by atoms with Crippen molar-refractivity contribution in [1.29, 1.82) is 0 Å². The highest BCUT2D eigenvalue weighted by molar-refractivity contribution is 7.18. The number of carbonyl (C=O) groups is 3. The van der Waals surface area contributed by atoms with Crippen molar-refractivity contribution in [1.82, 2.24) is 54.9 Å². The number of nitrogens with zero attached hydrogens (tertiary/aromatic N) is 15. The van der Waals surface area contributed by atoms with Crippen molar-refractivity contribution in [3.05, 3.63) is 70.5 Å². The smallest absolute Gasteiger partial charge is 0.336 e. The number of anilines is 2. The van der Waals surface area contributed by atoms with Gasteiger partial charge in [-0.25, -0.2) is 14.4 Å². The van der Waals surface area contributed by atoms with Gasteiger partial charge in [0.2, 0.25) is 0 Å². The third-order valence-electron chi connectivity index (χ3n) is 8.57. The molecule has 62 heavy (non-hydrogen) atoms. The number of rotatable bonds is 11. The molecule has 7 rings (SSSR count). The summed E-state index contributed by atoms with van der Waals surface area (Å²) in [7, 11) is 0. The molecule has 2 aromatic carbocycles. The first-order valence-corrected chi connectivity index (χ1v) is 19.5. The van der Waals surface area contributed by atoms with Crippen molar-refractivity contribution in [2.24, 2.45) is 20.5 Å². The van der Waals surface area contributed by atoms with Gasteiger partial charge in [-0.05, 0) is 24.3 Å². The van der Waals surface area contributed by atoms with Gasteiger partial charge in [0.25, 0.3) is 22.2 Å². The van der Waals surface area contributed by atoms with Gasteiger partial charge >= 0.3 is 23.9 Å². The fourth-order valence-corrected chi connectivity index (χ4v) is 6.97. The minimum atomic E-state index is -1.42. The van der Waals surface area contributed by atoms with Crippen LogP contribution in [0.15, 0.2) is 62.9 Å². The van der Waals surface area contributed by atoms with Crippen LogP contribution in [0.3, 0.4) is 0 Å². The molecule has 7 aromatic rings. The molecule has 24 nitrogen and oxygen atoms in total. The Balaban J connectivity index is 1.22. The summed E-state index contributed by atoms with van der Waals surface area (Å²) in [6.07, 6.45) is 0. The molecular weight excluding hydrogens is 847 g/mol. The average Bonchev–Trinajstić information content (AvgIpc) is 4.01. The van der Waals surface area contributed by atoms with Gasteiger partial charge in [-0.15, -0.1) is 40.9 Å². The number of nitrogen functional groups attached to an aromatic ring is 2. The lowest BCUT2D eigenvalue weighted by Gasteiger charge is -2.15. The minimum absolute atomic E-state index is 0.0548. The monoisotopic (exact) mass is 879 g/mol. The van der Waals surface area contributed by atoms with Crippen LogP contribution in [0.5, 0.6) is 6.01 Å². The van der Waals surface area contributed by atoms with Gasteiger partial charge in [0.1, 0.15) is 10.0 Å². The molecule has 5 aromatic heterocycles. The zero-order valence-corrected chi connectivity index (χ0v) is 34.9. The predicted molar refractivity (Wildman–Crippen MR) is 222 cm³/mol. The Hall–Kier alpha value is -8.00. The molecule has 5 heterocycles. The van der Waals surface area contributed by atoms with E-state index in [2.05, 4.69) is 66.0 Å². The van der Waals surface area contributed by atoms with E-state index in [4.69, 9.17) is 11.5 Å². The lowest BCUT2D eigenvalue weighted by atomic mass is 9.91. The second-order valence-corrected chi connectivity index (χ2v) is 17.1. The van der Waals surface area contributed by atoms with E-state index in [0.29, 0.717) is 27.5 Å². The topological polar surface area (TPSA) is 359 Å². The Bertz CT molecular complexity index is 2990. The van der Waals surface area contributed by atoms with Gasteiger partial charge < -0.3 is 31.9 Å². The van der Waals surface area contributed by atoms with Crippen LogP contribution in [-0.4, -0.2) is 93.2 Å². The molecule has 0 bridgehead atoms. The molecule has 0 spiro atoms. The van der Waals surface area contributed by atoms with Crippen LogP contribution >= 0.6 is 22.7 Å². The number of nitrogens with two attached hydrogens (primary N) is 2. The standard InChI is InChI=1S/C36H33N17O7S2/c1-35(2,3)21-19(42-46-33-48-44-25(61-33)14-8-7-9-16(12-14)27(54)55)23(37)52(50-21)30-39-31(41-32(60)40-30)53-24(38)20(22(51-53)36(4,5)6)43-47-34-49-45-26(62-34)15-10-11-17(28(56)57)18(13-15)29(58)59/h7-13H,37-38H2,1-6H3,(H,54,55)(H,56,57)(H,58,59)(H,39,40,41,60). The summed E-state index contributed by atoms with van der Waals surface area (Å²) < 4.78 is 2.28. The molecule has 316 valence electrons. The lowest BCUT2D eigenvalue weighted by Crippen LogP contribution is -2.16. The third-order valence-corrected chi connectivity index (χ3v) is 10.3. The first-order chi connectivity index (χ1) is 29.2. The van der Waals surface area contributed by atoms with Crippen molar-refractivity contribution in [2.45, 2.75) is 52.4 Å². The molecule has 0 atom stereocenters. The highest BCUT2D eigenvalue weighted by Gasteiger charge is 2.31. The van der Waals surface area contributed by atoms with E-state index < -0.39 is 40.3 Å². The van der Waals surface area contributed by atoms with E-state index in [1.165, 1.54) is 30.3 Å². The first kappa shape index (κ1) is 42.1. The van der Waals surface area contributed by atoms with E-state index >= 15 is 0 Å². The summed E-state index contributed by atoms with van der Waals surface area (Å²) in [5, 5.41) is 82.6. The van der Waals surface area contributed by atoms with Gasteiger partial charge in [-0.3, -0.25) is 0 Å². The fourth-order valence-electron chi connectivity index (χ4n) is 5.65. The van der Waals surface area contributed by atoms with E-state index in [0.717, 1.165) is 32.0 Å². The van der Waals surface area contributed by atoms with Crippen LogP contribution in [0.2, 0.25) is 0 Å². The Morgan fingerprint density at radius 1 is 0.613 bits per heavy atom. The van der Waals surface area contributed by atoms with Crippen LogP contribution < -0.4 is 11.5 Å². The second kappa shape index (κ2) is 15.9. The van der Waals surface area contributed by atoms with Crippen molar-refractivity contribution < 1.29 is 34.8 Å². The normalized spacial score (nSPS) is 12.2. The molecule has 0 fully saturated rings. The van der Waals surface area contributed by atoms with Gasteiger partial charge in [-0.1, -0.05) is 82.4 Å². The molecule has 0 aliphatic carbocycles. The highest BCUT2D eigenvalue weighted by atomic mass is 32.1. The zero-order valence-electron chi connectivity index (χ0n) is 33.2. The van der Waals surface area contributed by atoms with E-state index in [-0.39, 0.29) is 61.3 Å². The quantitative estimate of drug-likeness (QED) is 0.0738. The molecule has 0 aliphatic rings. The van der Waals surface area contributed by atoms with Crippen molar-refractivity contribution in [3.8, 4) is 39.0 Å². The number of hydrogen-bond acceptors (Lipinski definition) is 21. The number of aromatic carboxylic acids is 3. The number of hydrogen-bond donors (Lipinski definition) is 6. The van der Waals surface area contributed by atoms with Gasteiger partial charge in [0.05, 0.1) is 28.1 Å². The maximum Gasteiger partial charge on any atom is 0.336 e.